The molecule has 0 saturated carbocycles. The maximum Gasteiger partial charge on any atom is 0.183 e. The van der Waals surface area contributed by atoms with E-state index in [1.807, 2.05) is 27.7 Å². The summed E-state index contributed by atoms with van der Waals surface area (Å²) in [5, 5.41) is 44.6. The van der Waals surface area contributed by atoms with Crippen molar-refractivity contribution in [2.75, 3.05) is 7.11 Å². The highest BCUT2D eigenvalue weighted by molar-refractivity contribution is 6.24. The molecule has 0 fully saturated rings. The number of Topliss-reactive ketones (excluding diaryl/α,β-unsaturated/α-hetero) is 3. The van der Waals surface area contributed by atoms with Gasteiger partial charge in [-0.2, -0.15) is 0 Å². The smallest absolute Gasteiger partial charge is 0.183 e. The molecular formula is C32H44O8. The van der Waals surface area contributed by atoms with Crippen LogP contribution >= 0.6 is 0 Å². The summed E-state index contributed by atoms with van der Waals surface area (Å²) in [6.07, 6.45) is 6.15. The molecule has 40 heavy (non-hydrogen) atoms. The summed E-state index contributed by atoms with van der Waals surface area (Å²) < 4.78 is 5.26. The Kier molecular flexibility index (Phi) is 11.6. The van der Waals surface area contributed by atoms with Gasteiger partial charge in [0.25, 0.3) is 0 Å². The second kappa shape index (κ2) is 14.2. The van der Waals surface area contributed by atoms with Crippen molar-refractivity contribution >= 4 is 17.3 Å². The van der Waals surface area contributed by atoms with Gasteiger partial charge in [0.15, 0.2) is 17.3 Å². The van der Waals surface area contributed by atoms with Gasteiger partial charge in [-0.25, -0.2) is 0 Å². The molecule has 8 heteroatoms. The molecule has 0 heterocycles. The molecule has 1 aromatic carbocycles. The van der Waals surface area contributed by atoms with E-state index in [2.05, 4.69) is 0 Å². The third kappa shape index (κ3) is 6.95. The zero-order valence-corrected chi connectivity index (χ0v) is 24.6. The Morgan fingerprint density at radius 3 is 2.05 bits per heavy atom. The Bertz CT molecular complexity index is 1230. The van der Waals surface area contributed by atoms with Gasteiger partial charge in [0, 0.05) is 36.5 Å². The summed E-state index contributed by atoms with van der Waals surface area (Å²) >= 11 is 0. The van der Waals surface area contributed by atoms with Gasteiger partial charge in [0.1, 0.15) is 39.9 Å². The number of carbonyl (C=O) groups is 3. The molecule has 0 radical (unpaired) electrons. The molecule has 1 aromatic rings. The minimum Gasteiger partial charge on any atom is -0.511 e. The van der Waals surface area contributed by atoms with Crippen molar-refractivity contribution in [3.8, 4) is 17.2 Å². The fourth-order valence-corrected chi connectivity index (χ4v) is 4.89. The topological polar surface area (TPSA) is 141 Å². The highest BCUT2D eigenvalue weighted by atomic mass is 16.5. The number of aromatic hydroxyl groups is 2. The van der Waals surface area contributed by atoms with Crippen molar-refractivity contribution in [3.63, 3.8) is 0 Å². The number of benzene rings is 1. The van der Waals surface area contributed by atoms with Crippen LogP contribution in [-0.2, 0) is 16.0 Å². The molecule has 8 nitrogen and oxygen atoms in total. The van der Waals surface area contributed by atoms with E-state index in [-0.39, 0.29) is 47.5 Å². The predicted molar refractivity (Wildman–Crippen MR) is 154 cm³/mol. The number of ether oxygens (including phenoxy) is 1. The number of hydrogen-bond acceptors (Lipinski definition) is 8. The summed E-state index contributed by atoms with van der Waals surface area (Å²) in [4.78, 5) is 39.8. The monoisotopic (exact) mass is 556 g/mol. The van der Waals surface area contributed by atoms with Crippen LogP contribution in [0.25, 0.3) is 0 Å². The van der Waals surface area contributed by atoms with Crippen molar-refractivity contribution in [3.05, 3.63) is 51.5 Å². The Morgan fingerprint density at radius 2 is 1.52 bits per heavy atom. The van der Waals surface area contributed by atoms with E-state index < -0.39 is 52.0 Å². The Labute approximate surface area is 237 Å². The van der Waals surface area contributed by atoms with Gasteiger partial charge in [-0.3, -0.25) is 14.4 Å². The van der Waals surface area contributed by atoms with Crippen LogP contribution in [0, 0.1) is 5.41 Å². The maximum absolute atomic E-state index is 13.6. The van der Waals surface area contributed by atoms with Gasteiger partial charge >= 0.3 is 0 Å². The number of hydrogen-bond donors (Lipinski definition) is 4. The summed E-state index contributed by atoms with van der Waals surface area (Å²) in [6.45, 7) is 9.18. The minimum atomic E-state index is -1.55. The number of rotatable bonds is 15. The lowest BCUT2D eigenvalue weighted by molar-refractivity contribution is -0.127. The fourth-order valence-electron chi connectivity index (χ4n) is 4.89. The molecular weight excluding hydrogens is 512 g/mol. The Hall–Kier alpha value is -3.55. The van der Waals surface area contributed by atoms with Gasteiger partial charge in [-0.1, -0.05) is 51.2 Å². The first-order chi connectivity index (χ1) is 18.8. The molecule has 4 N–H and O–H groups in total. The quantitative estimate of drug-likeness (QED) is 0.0773. The SMILES string of the molecule is CCCCCC(=O)C1=C(O)C(Cc2c(O)cc(OC)c(C(=O)CCCCC)c2O)=C(O)C(C)(CC=C(C)C)C1=O. The Balaban J connectivity index is 2.72. The largest absolute Gasteiger partial charge is 0.511 e. The van der Waals surface area contributed by atoms with Crippen molar-refractivity contribution in [1.82, 2.24) is 0 Å². The zero-order chi connectivity index (χ0) is 30.2. The molecule has 0 aromatic heterocycles. The van der Waals surface area contributed by atoms with Gasteiger partial charge in [-0.15, -0.1) is 0 Å². The van der Waals surface area contributed by atoms with Crippen LogP contribution in [-0.4, -0.2) is 44.9 Å². The molecule has 0 amide bonds. The number of carbonyl (C=O) groups excluding carboxylic acids is 3. The highest BCUT2D eigenvalue weighted by Crippen LogP contribution is 2.46. The normalized spacial score (nSPS) is 17.3. The standard InChI is InChI=1S/C32H44O8/c1-7-9-11-13-22(33)26-25(40-6)18-24(35)20(28(26)36)17-21-29(37)27(23(34)14-12-10-8-2)31(39)32(5,30(21)38)16-15-19(3)4/h15,18,35-38H,7-14,16-17H2,1-6H3. The van der Waals surface area contributed by atoms with Crippen molar-refractivity contribution < 1.29 is 39.5 Å². The first kappa shape index (κ1) is 32.7. The van der Waals surface area contributed by atoms with Crippen molar-refractivity contribution in [2.24, 2.45) is 5.41 Å². The second-order valence-corrected chi connectivity index (χ2v) is 10.9. The van der Waals surface area contributed by atoms with Crippen LogP contribution in [0.1, 0.15) is 108 Å². The van der Waals surface area contributed by atoms with Crippen molar-refractivity contribution in [1.29, 1.82) is 0 Å². The molecule has 0 aliphatic heterocycles. The Morgan fingerprint density at radius 1 is 0.950 bits per heavy atom. The van der Waals surface area contributed by atoms with E-state index in [1.54, 1.807) is 6.08 Å². The van der Waals surface area contributed by atoms with Crippen LogP contribution in [0.5, 0.6) is 17.2 Å². The van der Waals surface area contributed by atoms with Crippen molar-refractivity contribution in [2.45, 2.75) is 98.8 Å². The summed E-state index contributed by atoms with van der Waals surface area (Å²) in [5.74, 6) is -3.68. The third-order valence-corrected chi connectivity index (χ3v) is 7.47. The summed E-state index contributed by atoms with van der Waals surface area (Å²) in [7, 11) is 1.32. The average Bonchev–Trinajstić information content (AvgIpc) is 2.90. The van der Waals surface area contributed by atoms with E-state index in [0.717, 1.165) is 31.3 Å². The molecule has 0 spiro atoms. The van der Waals surface area contributed by atoms with E-state index in [4.69, 9.17) is 4.74 Å². The number of aliphatic hydroxyl groups is 2. The first-order valence-electron chi connectivity index (χ1n) is 14.1. The van der Waals surface area contributed by atoms with Gasteiger partial charge in [-0.05, 0) is 40.0 Å². The van der Waals surface area contributed by atoms with Crippen LogP contribution < -0.4 is 4.74 Å². The number of aliphatic hydroxyl groups excluding tert-OH is 2. The van der Waals surface area contributed by atoms with E-state index in [1.165, 1.54) is 20.1 Å². The zero-order valence-electron chi connectivity index (χ0n) is 24.6. The first-order valence-corrected chi connectivity index (χ1v) is 14.1. The van der Waals surface area contributed by atoms with Gasteiger partial charge in [0.2, 0.25) is 0 Å². The molecule has 220 valence electrons. The average molecular weight is 557 g/mol. The lowest BCUT2D eigenvalue weighted by Crippen LogP contribution is -2.39. The lowest BCUT2D eigenvalue weighted by Gasteiger charge is -2.33. The minimum absolute atomic E-state index is 0.00257. The van der Waals surface area contributed by atoms with E-state index in [9.17, 15) is 34.8 Å². The predicted octanol–water partition coefficient (Wildman–Crippen LogP) is 7.13. The van der Waals surface area contributed by atoms with E-state index >= 15 is 0 Å². The van der Waals surface area contributed by atoms with Crippen LogP contribution in [0.4, 0.5) is 0 Å². The second-order valence-electron chi connectivity index (χ2n) is 10.9. The molecule has 1 aliphatic carbocycles. The van der Waals surface area contributed by atoms with Gasteiger partial charge in [0.05, 0.1) is 12.5 Å². The molecule has 1 atom stereocenters. The summed E-state index contributed by atoms with van der Waals surface area (Å²) in [5.41, 5.74) is -1.45. The number of unbranched alkanes of at least 4 members (excludes halogenated alkanes) is 4. The summed E-state index contributed by atoms with van der Waals surface area (Å²) in [6, 6.07) is 1.20. The molecule has 0 saturated heterocycles. The molecule has 0 bridgehead atoms. The van der Waals surface area contributed by atoms with Gasteiger partial charge < -0.3 is 25.2 Å². The number of ketones is 3. The molecule has 1 aliphatic rings. The highest BCUT2D eigenvalue weighted by Gasteiger charge is 2.47. The molecule has 1 unspecified atom stereocenters. The number of phenols is 2. The van der Waals surface area contributed by atoms with Crippen LogP contribution in [0.2, 0.25) is 0 Å². The number of phenolic OH excluding ortho intramolecular Hbond substituents is 2. The van der Waals surface area contributed by atoms with Crippen LogP contribution in [0.3, 0.4) is 0 Å². The van der Waals surface area contributed by atoms with Crippen LogP contribution in [0.15, 0.2) is 40.4 Å². The number of methoxy groups -OCH3 is 1. The fraction of sp³-hybridized carbons (Fsp3) is 0.531. The number of allylic oxidation sites excluding steroid dienone is 5. The maximum atomic E-state index is 13.6. The van der Waals surface area contributed by atoms with E-state index in [0.29, 0.717) is 12.8 Å². The lowest BCUT2D eigenvalue weighted by atomic mass is 9.69. The third-order valence-electron chi connectivity index (χ3n) is 7.47. The molecule has 2 rings (SSSR count).